The number of nitrogens with one attached hydrogen (secondary N) is 1. The third-order valence-corrected chi connectivity index (χ3v) is 3.46. The number of piperidine rings is 1. The fraction of sp³-hybridized carbons (Fsp3) is 0.500. The first-order valence-corrected chi connectivity index (χ1v) is 6.26. The van der Waals surface area contributed by atoms with Crippen molar-refractivity contribution in [3.8, 4) is 0 Å². The van der Waals surface area contributed by atoms with E-state index >= 15 is 0 Å². The van der Waals surface area contributed by atoms with Gasteiger partial charge in [-0.15, -0.1) is 0 Å². The maximum atomic E-state index is 12.3. The predicted octanol–water partition coefficient (Wildman–Crippen LogP) is -0.847. The van der Waals surface area contributed by atoms with Gasteiger partial charge in [-0.25, -0.2) is 9.59 Å². The maximum absolute atomic E-state index is 12.3. The number of likely N-dealkylation sites (tertiary alicyclic amines) is 1. The van der Waals surface area contributed by atoms with Gasteiger partial charge in [-0.1, -0.05) is 0 Å². The highest BCUT2D eigenvalue weighted by atomic mass is 16.4. The summed E-state index contributed by atoms with van der Waals surface area (Å²) in [6.07, 6.45) is 2.83. The molecule has 0 unspecified atom stereocenters. The molecule has 8 nitrogen and oxygen atoms in total. The van der Waals surface area contributed by atoms with Crippen molar-refractivity contribution in [2.75, 3.05) is 6.54 Å². The van der Waals surface area contributed by atoms with E-state index < -0.39 is 29.2 Å². The Labute approximate surface area is 113 Å². The van der Waals surface area contributed by atoms with Crippen LogP contribution < -0.4 is 11.2 Å². The molecule has 0 bridgehead atoms. The van der Waals surface area contributed by atoms with Crippen LogP contribution in [-0.2, 0) is 11.8 Å². The van der Waals surface area contributed by atoms with Gasteiger partial charge in [0.25, 0.3) is 11.5 Å². The molecule has 0 aromatic carbocycles. The van der Waals surface area contributed by atoms with E-state index in [2.05, 4.69) is 4.98 Å². The zero-order chi connectivity index (χ0) is 14.9. The first-order chi connectivity index (χ1) is 9.43. The number of rotatable bonds is 2. The largest absolute Gasteiger partial charge is 0.480 e. The van der Waals surface area contributed by atoms with E-state index in [1.54, 1.807) is 0 Å². The number of hydrogen-bond donors (Lipinski definition) is 2. The van der Waals surface area contributed by atoms with Gasteiger partial charge in [0.1, 0.15) is 11.6 Å². The van der Waals surface area contributed by atoms with Gasteiger partial charge in [-0.3, -0.25) is 14.2 Å². The molecule has 108 valence electrons. The quantitative estimate of drug-likeness (QED) is 0.733. The van der Waals surface area contributed by atoms with Crippen molar-refractivity contribution in [1.29, 1.82) is 0 Å². The number of carboxylic acid groups (broad SMARTS) is 1. The van der Waals surface area contributed by atoms with Crippen molar-refractivity contribution in [3.63, 3.8) is 0 Å². The first kappa shape index (κ1) is 14.0. The number of amides is 1. The van der Waals surface area contributed by atoms with Crippen molar-refractivity contribution in [1.82, 2.24) is 14.5 Å². The van der Waals surface area contributed by atoms with Crippen molar-refractivity contribution < 1.29 is 14.7 Å². The average molecular weight is 281 g/mol. The second-order valence-electron chi connectivity index (χ2n) is 4.72. The van der Waals surface area contributed by atoms with Crippen LogP contribution in [0.4, 0.5) is 0 Å². The molecule has 1 saturated heterocycles. The van der Waals surface area contributed by atoms with E-state index in [9.17, 15) is 19.2 Å². The van der Waals surface area contributed by atoms with Gasteiger partial charge in [-0.05, 0) is 19.3 Å². The Bertz CT molecular complexity index is 660. The van der Waals surface area contributed by atoms with Crippen LogP contribution in [-0.4, -0.2) is 44.0 Å². The molecule has 0 radical (unpaired) electrons. The Morgan fingerprint density at radius 1 is 1.35 bits per heavy atom. The first-order valence-electron chi connectivity index (χ1n) is 6.26. The maximum Gasteiger partial charge on any atom is 0.328 e. The normalized spacial score (nSPS) is 18.9. The molecule has 2 rings (SSSR count). The van der Waals surface area contributed by atoms with Gasteiger partial charge in [0, 0.05) is 19.8 Å². The van der Waals surface area contributed by atoms with Crippen LogP contribution in [0.1, 0.15) is 29.6 Å². The third-order valence-electron chi connectivity index (χ3n) is 3.46. The van der Waals surface area contributed by atoms with E-state index in [1.807, 2.05) is 0 Å². The summed E-state index contributed by atoms with van der Waals surface area (Å²) in [6.45, 7) is 0.290. The van der Waals surface area contributed by atoms with Gasteiger partial charge in [0.2, 0.25) is 0 Å². The molecule has 1 amide bonds. The van der Waals surface area contributed by atoms with Crippen LogP contribution in [0, 0.1) is 0 Å². The highest BCUT2D eigenvalue weighted by Gasteiger charge is 2.33. The Hall–Kier alpha value is -2.38. The smallest absolute Gasteiger partial charge is 0.328 e. The molecule has 2 heterocycles. The number of aliphatic carboxylic acids is 1. The van der Waals surface area contributed by atoms with Crippen LogP contribution in [0.2, 0.25) is 0 Å². The molecule has 1 aliphatic heterocycles. The number of carbonyl (C=O) groups is 2. The van der Waals surface area contributed by atoms with E-state index in [1.165, 1.54) is 11.9 Å². The zero-order valence-electron chi connectivity index (χ0n) is 11.0. The third kappa shape index (κ3) is 2.36. The Balaban J connectivity index is 2.40. The lowest BCUT2D eigenvalue weighted by atomic mass is 10.0. The molecule has 1 atom stereocenters. The molecule has 1 fully saturated rings. The lowest BCUT2D eigenvalue weighted by Gasteiger charge is -2.32. The number of aromatic amines is 1. The van der Waals surface area contributed by atoms with Crippen LogP contribution in [0.25, 0.3) is 0 Å². The number of H-pyrrole nitrogens is 1. The molecule has 0 saturated carbocycles. The van der Waals surface area contributed by atoms with Gasteiger partial charge >= 0.3 is 11.7 Å². The summed E-state index contributed by atoms with van der Waals surface area (Å²) in [7, 11) is 1.25. The summed E-state index contributed by atoms with van der Waals surface area (Å²) in [6, 6.07) is -0.923. The van der Waals surface area contributed by atoms with Crippen LogP contribution >= 0.6 is 0 Å². The second-order valence-corrected chi connectivity index (χ2v) is 4.72. The zero-order valence-corrected chi connectivity index (χ0v) is 11.0. The van der Waals surface area contributed by atoms with Crippen LogP contribution in [0.3, 0.4) is 0 Å². The Kier molecular flexibility index (Phi) is 3.73. The molecule has 0 spiro atoms. The Morgan fingerprint density at radius 3 is 2.70 bits per heavy atom. The number of carboxylic acids is 1. The number of carbonyl (C=O) groups excluding carboxylic acids is 1. The molecule has 20 heavy (non-hydrogen) atoms. The lowest BCUT2D eigenvalue weighted by Crippen LogP contribution is -2.50. The van der Waals surface area contributed by atoms with Gasteiger partial charge < -0.3 is 15.0 Å². The highest BCUT2D eigenvalue weighted by Crippen LogP contribution is 2.18. The van der Waals surface area contributed by atoms with E-state index in [0.717, 1.165) is 17.2 Å². The second kappa shape index (κ2) is 5.32. The fourth-order valence-electron chi connectivity index (χ4n) is 2.30. The van der Waals surface area contributed by atoms with Gasteiger partial charge in [0.15, 0.2) is 0 Å². The highest BCUT2D eigenvalue weighted by molar-refractivity contribution is 5.96. The van der Waals surface area contributed by atoms with Crippen LogP contribution in [0.5, 0.6) is 0 Å². The monoisotopic (exact) mass is 281 g/mol. The van der Waals surface area contributed by atoms with E-state index in [4.69, 9.17) is 5.11 Å². The van der Waals surface area contributed by atoms with Gasteiger partial charge in [-0.2, -0.15) is 0 Å². The van der Waals surface area contributed by atoms with Crippen molar-refractivity contribution in [3.05, 3.63) is 32.6 Å². The summed E-state index contributed by atoms with van der Waals surface area (Å²) in [5, 5.41) is 9.14. The predicted molar refractivity (Wildman–Crippen MR) is 68.6 cm³/mol. The average Bonchev–Trinajstić information content (AvgIpc) is 2.44. The molecule has 1 aromatic rings. The number of nitrogens with zero attached hydrogens (tertiary/aromatic N) is 2. The van der Waals surface area contributed by atoms with Crippen molar-refractivity contribution >= 4 is 11.9 Å². The summed E-state index contributed by atoms with van der Waals surface area (Å²) in [4.78, 5) is 50.1. The number of aromatic nitrogens is 2. The molecular formula is C12H15N3O5. The topological polar surface area (TPSA) is 112 Å². The molecular weight excluding hydrogens is 266 g/mol. The van der Waals surface area contributed by atoms with Crippen molar-refractivity contribution in [2.24, 2.45) is 7.05 Å². The Morgan fingerprint density at radius 2 is 2.05 bits per heavy atom. The number of hydrogen-bond acceptors (Lipinski definition) is 4. The molecule has 1 aliphatic rings. The molecule has 1 aromatic heterocycles. The fourth-order valence-corrected chi connectivity index (χ4v) is 2.30. The van der Waals surface area contributed by atoms with Crippen molar-refractivity contribution in [2.45, 2.75) is 25.3 Å². The van der Waals surface area contributed by atoms with Gasteiger partial charge in [0.05, 0.1) is 0 Å². The molecule has 8 heteroatoms. The molecule has 2 N–H and O–H groups in total. The molecule has 0 aliphatic carbocycles. The summed E-state index contributed by atoms with van der Waals surface area (Å²) >= 11 is 0. The SMILES string of the molecule is Cn1c(=O)[nH]cc(C(=O)N2CCCC[C@@H]2C(=O)O)c1=O. The summed E-state index contributed by atoms with van der Waals surface area (Å²) < 4.78 is 0.785. The summed E-state index contributed by atoms with van der Waals surface area (Å²) in [5.41, 5.74) is -1.58. The van der Waals surface area contributed by atoms with Crippen LogP contribution in [0.15, 0.2) is 15.8 Å². The minimum atomic E-state index is -1.08. The van der Waals surface area contributed by atoms with E-state index in [-0.39, 0.29) is 12.1 Å². The summed E-state index contributed by atoms with van der Waals surface area (Å²) in [5.74, 6) is -1.74. The minimum absolute atomic E-state index is 0.222. The standard InChI is InChI=1S/C12H15N3O5/c1-14-9(16)7(6-13-12(14)20)10(17)15-5-3-2-4-8(15)11(18)19/h6,8H,2-5H2,1H3,(H,13,20)(H,18,19)/t8-/m1/s1. The minimum Gasteiger partial charge on any atom is -0.480 e. The lowest BCUT2D eigenvalue weighted by molar-refractivity contribution is -0.143. The van der Waals surface area contributed by atoms with E-state index in [0.29, 0.717) is 12.8 Å².